The molecule has 0 saturated carbocycles. The summed E-state index contributed by atoms with van der Waals surface area (Å²) in [6, 6.07) is 12.7. The van der Waals surface area contributed by atoms with Gasteiger partial charge in [0.25, 0.3) is 5.95 Å². The van der Waals surface area contributed by atoms with E-state index in [2.05, 4.69) is 55.6 Å². The average molecular weight is 488 g/mol. The summed E-state index contributed by atoms with van der Waals surface area (Å²) in [7, 11) is 0. The molecule has 1 saturated heterocycles. The maximum atomic E-state index is 11.1. The first kappa shape index (κ1) is 24.2. The van der Waals surface area contributed by atoms with E-state index in [0.717, 1.165) is 54.0 Å². The van der Waals surface area contributed by atoms with Gasteiger partial charge in [0.05, 0.1) is 12.7 Å². The van der Waals surface area contributed by atoms with Crippen molar-refractivity contribution >= 4 is 5.97 Å². The van der Waals surface area contributed by atoms with Gasteiger partial charge in [-0.3, -0.25) is 4.79 Å². The van der Waals surface area contributed by atoms with Crippen molar-refractivity contribution in [3.05, 3.63) is 88.6 Å². The Morgan fingerprint density at radius 1 is 1.14 bits per heavy atom. The summed E-state index contributed by atoms with van der Waals surface area (Å²) in [4.78, 5) is 11.1. The molecule has 1 unspecified atom stereocenters. The van der Waals surface area contributed by atoms with Gasteiger partial charge in [-0.2, -0.15) is 0 Å². The lowest BCUT2D eigenvalue weighted by Gasteiger charge is -2.24. The van der Waals surface area contributed by atoms with E-state index in [4.69, 9.17) is 19.3 Å². The normalized spacial score (nSPS) is 19.5. The van der Waals surface area contributed by atoms with Crippen LogP contribution in [0.1, 0.15) is 42.4 Å². The molecule has 0 bridgehead atoms. The lowest BCUT2D eigenvalue weighted by molar-refractivity contribution is -0.137. The molecule has 1 atom stereocenters. The summed E-state index contributed by atoms with van der Waals surface area (Å²) in [6.45, 7) is 6.68. The van der Waals surface area contributed by atoms with Gasteiger partial charge in [-0.1, -0.05) is 24.3 Å². The molecule has 2 N–H and O–H groups in total. The van der Waals surface area contributed by atoms with E-state index in [1.54, 1.807) is 6.26 Å². The highest BCUT2D eigenvalue weighted by molar-refractivity contribution is 5.72. The highest BCUT2D eigenvalue weighted by atomic mass is 16.7. The van der Waals surface area contributed by atoms with Crippen molar-refractivity contribution in [2.24, 2.45) is 5.92 Å². The van der Waals surface area contributed by atoms with Crippen LogP contribution in [0.25, 0.3) is 11.1 Å². The lowest BCUT2D eigenvalue weighted by atomic mass is 9.94. The first-order valence-corrected chi connectivity index (χ1v) is 12.7. The Morgan fingerprint density at radius 3 is 2.67 bits per heavy atom. The van der Waals surface area contributed by atoms with Gasteiger partial charge >= 0.3 is 5.97 Å². The van der Waals surface area contributed by atoms with Crippen molar-refractivity contribution in [1.29, 1.82) is 0 Å². The molecule has 1 fully saturated rings. The zero-order valence-electron chi connectivity index (χ0n) is 20.9. The average Bonchev–Trinajstić information content (AvgIpc) is 3.24. The largest absolute Gasteiger partial charge is 0.490 e. The Hall–Kier alpha value is -3.51. The van der Waals surface area contributed by atoms with Crippen molar-refractivity contribution in [3.63, 3.8) is 0 Å². The third-order valence-electron chi connectivity index (χ3n) is 7.08. The van der Waals surface area contributed by atoms with Crippen molar-refractivity contribution in [2.75, 3.05) is 13.1 Å². The molecule has 2 heterocycles. The molecule has 0 radical (unpaired) electrons. The van der Waals surface area contributed by atoms with Gasteiger partial charge in [-0.25, -0.2) is 0 Å². The van der Waals surface area contributed by atoms with Crippen LogP contribution in [0.3, 0.4) is 0 Å². The van der Waals surface area contributed by atoms with Crippen LogP contribution in [0.2, 0.25) is 0 Å². The number of fused-ring (bicyclic) bond motifs is 1. The van der Waals surface area contributed by atoms with E-state index in [-0.39, 0.29) is 18.4 Å². The number of piperidine rings is 1. The summed E-state index contributed by atoms with van der Waals surface area (Å²) in [5.41, 5.74) is 7.73. The molecule has 0 aromatic heterocycles. The van der Waals surface area contributed by atoms with Gasteiger partial charge in [0.15, 0.2) is 0 Å². The van der Waals surface area contributed by atoms with Gasteiger partial charge in [-0.05, 0) is 103 Å². The van der Waals surface area contributed by atoms with Crippen molar-refractivity contribution in [3.8, 4) is 16.9 Å². The van der Waals surface area contributed by atoms with Crippen molar-refractivity contribution < 1.29 is 24.1 Å². The molecule has 2 aliphatic heterocycles. The minimum absolute atomic E-state index is 0.0325. The smallest absolute Gasteiger partial charge is 0.303 e. The molecule has 0 amide bonds. The summed E-state index contributed by atoms with van der Waals surface area (Å²) < 4.78 is 17.9. The van der Waals surface area contributed by atoms with Gasteiger partial charge in [0.1, 0.15) is 18.5 Å². The quantitative estimate of drug-likeness (QED) is 0.491. The second kappa shape index (κ2) is 10.6. The SMILES string of the molecule is Cc1cc(OC2CCNCC2)cc(C)c1-c1cccc(COC2=CC3=CCC(CC(=O)O)C3=CO2)c1. The third kappa shape index (κ3) is 5.49. The number of benzene rings is 2. The zero-order valence-corrected chi connectivity index (χ0v) is 20.9. The van der Waals surface area contributed by atoms with Crippen LogP contribution in [-0.4, -0.2) is 30.3 Å². The molecule has 2 aromatic rings. The number of carbonyl (C=O) groups is 1. The Balaban J connectivity index is 1.24. The number of ether oxygens (including phenoxy) is 3. The summed E-state index contributed by atoms with van der Waals surface area (Å²) in [5.74, 6) is 0.546. The van der Waals surface area contributed by atoms with Crippen molar-refractivity contribution in [2.45, 2.75) is 52.2 Å². The van der Waals surface area contributed by atoms with E-state index in [0.29, 0.717) is 19.0 Å². The van der Waals surface area contributed by atoms with Crippen LogP contribution >= 0.6 is 0 Å². The second-order valence-corrected chi connectivity index (χ2v) is 9.83. The van der Waals surface area contributed by atoms with E-state index in [9.17, 15) is 4.79 Å². The number of nitrogens with one attached hydrogen (secondary N) is 1. The summed E-state index contributed by atoms with van der Waals surface area (Å²) >= 11 is 0. The lowest BCUT2D eigenvalue weighted by Crippen LogP contribution is -2.34. The Kier molecular flexibility index (Phi) is 7.14. The van der Waals surface area contributed by atoms with E-state index >= 15 is 0 Å². The molecule has 36 heavy (non-hydrogen) atoms. The number of allylic oxidation sites excluding steroid dienone is 4. The highest BCUT2D eigenvalue weighted by Gasteiger charge is 2.28. The van der Waals surface area contributed by atoms with Crippen LogP contribution in [0.5, 0.6) is 5.75 Å². The third-order valence-corrected chi connectivity index (χ3v) is 7.08. The van der Waals surface area contributed by atoms with Gasteiger partial charge < -0.3 is 24.6 Å². The summed E-state index contributed by atoms with van der Waals surface area (Å²) in [5, 5.41) is 12.5. The molecule has 6 heteroatoms. The molecule has 1 aliphatic carbocycles. The van der Waals surface area contributed by atoms with Gasteiger partial charge in [-0.15, -0.1) is 0 Å². The maximum absolute atomic E-state index is 11.1. The van der Waals surface area contributed by atoms with Gasteiger partial charge in [0, 0.05) is 12.0 Å². The number of carboxylic acid groups (broad SMARTS) is 1. The minimum Gasteiger partial charge on any atom is -0.490 e. The Labute approximate surface area is 212 Å². The van der Waals surface area contributed by atoms with E-state index < -0.39 is 5.97 Å². The Bertz CT molecular complexity index is 1210. The first-order valence-electron chi connectivity index (χ1n) is 12.7. The maximum Gasteiger partial charge on any atom is 0.303 e. The first-order chi connectivity index (χ1) is 17.5. The van der Waals surface area contributed by atoms with Gasteiger partial charge in [0.2, 0.25) is 0 Å². The fourth-order valence-corrected chi connectivity index (χ4v) is 5.34. The molecule has 2 aromatic carbocycles. The van der Waals surface area contributed by atoms with Crippen molar-refractivity contribution in [1.82, 2.24) is 5.32 Å². The topological polar surface area (TPSA) is 77.0 Å². The number of hydrogen-bond acceptors (Lipinski definition) is 5. The molecular formula is C30H33NO5. The zero-order chi connectivity index (χ0) is 25.1. The number of hydrogen-bond donors (Lipinski definition) is 2. The van der Waals surface area contributed by atoms with E-state index in [1.165, 1.54) is 16.7 Å². The number of rotatable bonds is 8. The standard InChI is InChI=1S/C30H33NO5/c1-19-12-26(36-25-8-10-31-11-9-25)13-20(2)30(19)24-5-3-4-21(14-24)17-34-29-16-23-7-6-22(15-28(32)33)27(23)18-35-29/h3-5,7,12-14,16,18,22,25,31H,6,8-11,15,17H2,1-2H3,(H,32,33). The molecule has 0 spiro atoms. The molecule has 5 rings (SSSR count). The molecule has 188 valence electrons. The minimum atomic E-state index is -0.795. The predicted octanol–water partition coefficient (Wildman–Crippen LogP) is 5.79. The van der Waals surface area contributed by atoms with Crippen LogP contribution in [0.4, 0.5) is 0 Å². The molecular weight excluding hydrogens is 454 g/mol. The second-order valence-electron chi connectivity index (χ2n) is 9.83. The monoisotopic (exact) mass is 487 g/mol. The van der Waals surface area contributed by atoms with Crippen LogP contribution in [0, 0.1) is 19.8 Å². The number of aliphatic carboxylic acids is 1. The number of carboxylic acids is 1. The van der Waals surface area contributed by atoms with Crippen LogP contribution < -0.4 is 10.1 Å². The fourth-order valence-electron chi connectivity index (χ4n) is 5.34. The molecule has 3 aliphatic rings. The highest BCUT2D eigenvalue weighted by Crippen LogP contribution is 2.38. The fraction of sp³-hybridized carbons (Fsp3) is 0.367. The Morgan fingerprint density at radius 2 is 1.92 bits per heavy atom. The predicted molar refractivity (Wildman–Crippen MR) is 138 cm³/mol. The molecule has 6 nitrogen and oxygen atoms in total. The summed E-state index contributed by atoms with van der Waals surface area (Å²) in [6.07, 6.45) is 8.73. The van der Waals surface area contributed by atoms with Crippen LogP contribution in [-0.2, 0) is 20.9 Å². The van der Waals surface area contributed by atoms with E-state index in [1.807, 2.05) is 12.1 Å². The van der Waals surface area contributed by atoms with Crippen LogP contribution in [0.15, 0.2) is 71.9 Å². The number of aryl methyl sites for hydroxylation is 2.